The van der Waals surface area contributed by atoms with E-state index >= 15 is 0 Å². The number of amides is 1. The third-order valence-corrected chi connectivity index (χ3v) is 2.92. The monoisotopic (exact) mass is 326 g/mol. The molecule has 0 aliphatic heterocycles. The smallest absolute Gasteiger partial charge is 0.258 e. The zero-order chi connectivity index (χ0) is 14.0. The summed E-state index contributed by atoms with van der Waals surface area (Å²) < 4.78 is 27.1. The van der Waals surface area contributed by atoms with Crippen LogP contribution in [0.1, 0.15) is 10.4 Å². The lowest BCUT2D eigenvalue weighted by atomic mass is 10.2. The van der Waals surface area contributed by atoms with E-state index in [9.17, 15) is 13.6 Å². The van der Waals surface area contributed by atoms with Crippen LogP contribution < -0.4 is 11.1 Å². The van der Waals surface area contributed by atoms with Crippen molar-refractivity contribution in [1.29, 1.82) is 0 Å². The Morgan fingerprint density at radius 2 is 1.79 bits per heavy atom. The van der Waals surface area contributed by atoms with Gasteiger partial charge in [-0.05, 0) is 36.4 Å². The number of anilines is 2. The fraction of sp³-hybridized carbons (Fsp3) is 0. The van der Waals surface area contributed by atoms with Crippen LogP contribution in [-0.4, -0.2) is 5.91 Å². The van der Waals surface area contributed by atoms with E-state index in [-0.39, 0.29) is 11.3 Å². The molecule has 3 nitrogen and oxygen atoms in total. The van der Waals surface area contributed by atoms with Crippen molar-refractivity contribution < 1.29 is 13.6 Å². The molecule has 2 aromatic rings. The molecule has 0 bridgehead atoms. The molecule has 0 unspecified atom stereocenters. The highest BCUT2D eigenvalue weighted by molar-refractivity contribution is 9.10. The Balaban J connectivity index is 2.25. The van der Waals surface area contributed by atoms with Gasteiger partial charge in [0, 0.05) is 10.2 Å². The minimum absolute atomic E-state index is 0.0903. The summed E-state index contributed by atoms with van der Waals surface area (Å²) in [7, 11) is 0. The number of halogens is 3. The van der Waals surface area contributed by atoms with Crippen molar-refractivity contribution in [2.45, 2.75) is 0 Å². The lowest BCUT2D eigenvalue weighted by Crippen LogP contribution is -2.14. The quantitative estimate of drug-likeness (QED) is 0.829. The summed E-state index contributed by atoms with van der Waals surface area (Å²) in [6, 6.07) is 7.77. The third-order valence-electron chi connectivity index (χ3n) is 2.43. The van der Waals surface area contributed by atoms with Crippen LogP contribution in [0.2, 0.25) is 0 Å². The lowest BCUT2D eigenvalue weighted by molar-refractivity contribution is 0.102. The molecule has 3 N–H and O–H groups in total. The predicted molar refractivity (Wildman–Crippen MR) is 72.9 cm³/mol. The minimum Gasteiger partial charge on any atom is -0.396 e. The van der Waals surface area contributed by atoms with Gasteiger partial charge >= 0.3 is 0 Å². The molecular formula is C13H9BrF2N2O. The molecule has 0 aromatic heterocycles. The Kier molecular flexibility index (Phi) is 3.80. The molecule has 0 saturated carbocycles. The second kappa shape index (κ2) is 5.36. The van der Waals surface area contributed by atoms with Crippen molar-refractivity contribution in [3.05, 3.63) is 58.1 Å². The molecule has 0 heterocycles. The molecule has 0 aliphatic carbocycles. The Labute approximate surface area is 116 Å². The summed E-state index contributed by atoms with van der Waals surface area (Å²) in [5, 5.41) is 2.45. The Bertz CT molecular complexity index is 647. The van der Waals surface area contributed by atoms with Gasteiger partial charge in [-0.3, -0.25) is 4.79 Å². The lowest BCUT2D eigenvalue weighted by Gasteiger charge is -2.07. The van der Waals surface area contributed by atoms with Gasteiger partial charge in [-0.25, -0.2) is 8.78 Å². The highest BCUT2D eigenvalue weighted by Crippen LogP contribution is 2.19. The van der Waals surface area contributed by atoms with Crippen LogP contribution in [0.5, 0.6) is 0 Å². The third kappa shape index (κ3) is 3.08. The van der Waals surface area contributed by atoms with Gasteiger partial charge in [0.25, 0.3) is 5.91 Å². The first-order valence-electron chi connectivity index (χ1n) is 5.29. The molecule has 2 rings (SSSR count). The Morgan fingerprint density at radius 1 is 1.11 bits per heavy atom. The van der Waals surface area contributed by atoms with Gasteiger partial charge in [-0.15, -0.1) is 0 Å². The largest absolute Gasteiger partial charge is 0.396 e. The van der Waals surface area contributed by atoms with Crippen molar-refractivity contribution >= 4 is 33.2 Å². The minimum atomic E-state index is -0.643. The number of hydrogen-bond donors (Lipinski definition) is 2. The Morgan fingerprint density at radius 3 is 2.47 bits per heavy atom. The maximum absolute atomic E-state index is 13.5. The fourth-order valence-corrected chi connectivity index (χ4v) is 1.85. The van der Waals surface area contributed by atoms with Crippen molar-refractivity contribution in [3.8, 4) is 0 Å². The van der Waals surface area contributed by atoms with Crippen LogP contribution in [0.25, 0.3) is 0 Å². The molecule has 0 radical (unpaired) electrons. The van der Waals surface area contributed by atoms with E-state index in [0.29, 0.717) is 10.2 Å². The van der Waals surface area contributed by atoms with Gasteiger partial charge in [-0.2, -0.15) is 0 Å². The zero-order valence-electron chi connectivity index (χ0n) is 9.58. The van der Waals surface area contributed by atoms with Gasteiger partial charge in [0.2, 0.25) is 0 Å². The molecule has 1 amide bonds. The van der Waals surface area contributed by atoms with E-state index in [2.05, 4.69) is 21.2 Å². The van der Waals surface area contributed by atoms with E-state index in [1.165, 1.54) is 30.3 Å². The number of hydrogen-bond acceptors (Lipinski definition) is 2. The number of carbonyl (C=O) groups is 1. The number of nitrogens with two attached hydrogens (primary N) is 1. The average Bonchev–Trinajstić information content (AvgIpc) is 2.36. The maximum Gasteiger partial charge on any atom is 0.258 e. The van der Waals surface area contributed by atoms with Gasteiger partial charge in [0.1, 0.15) is 11.6 Å². The Hall–Kier alpha value is -1.95. The van der Waals surface area contributed by atoms with Gasteiger partial charge < -0.3 is 11.1 Å². The first-order chi connectivity index (χ1) is 8.97. The van der Waals surface area contributed by atoms with E-state index < -0.39 is 17.5 Å². The molecule has 0 atom stereocenters. The fourth-order valence-electron chi connectivity index (χ4n) is 1.49. The number of carbonyl (C=O) groups excluding carboxylic acids is 1. The standard InChI is InChI=1S/C13H9BrF2N2O/c14-7-1-3-10(15)9(5-7)13(19)18-8-2-4-11(16)12(17)6-8/h1-6H,17H2,(H,18,19). The van der Waals surface area contributed by atoms with Gasteiger partial charge in [-0.1, -0.05) is 15.9 Å². The second-order valence-corrected chi connectivity index (χ2v) is 4.73. The highest BCUT2D eigenvalue weighted by atomic mass is 79.9. The number of nitrogens with one attached hydrogen (secondary N) is 1. The summed E-state index contributed by atoms with van der Waals surface area (Å²) >= 11 is 3.15. The van der Waals surface area contributed by atoms with Crippen molar-refractivity contribution in [3.63, 3.8) is 0 Å². The van der Waals surface area contributed by atoms with Crippen LogP contribution in [0.4, 0.5) is 20.2 Å². The molecule has 6 heteroatoms. The van der Waals surface area contributed by atoms with Gasteiger partial charge in [0.15, 0.2) is 0 Å². The molecule has 0 saturated heterocycles. The highest BCUT2D eigenvalue weighted by Gasteiger charge is 2.12. The van der Waals surface area contributed by atoms with E-state index in [4.69, 9.17) is 5.73 Å². The average molecular weight is 327 g/mol. The van der Waals surface area contributed by atoms with Crippen LogP contribution >= 0.6 is 15.9 Å². The maximum atomic E-state index is 13.5. The SMILES string of the molecule is Nc1cc(NC(=O)c2cc(Br)ccc2F)ccc1F. The molecule has 2 aromatic carbocycles. The van der Waals surface area contributed by atoms with Crippen molar-refractivity contribution in [2.75, 3.05) is 11.1 Å². The molecule has 19 heavy (non-hydrogen) atoms. The van der Waals surface area contributed by atoms with Crippen LogP contribution in [0, 0.1) is 11.6 Å². The van der Waals surface area contributed by atoms with Crippen LogP contribution in [-0.2, 0) is 0 Å². The van der Waals surface area contributed by atoms with Crippen molar-refractivity contribution in [2.24, 2.45) is 0 Å². The number of rotatable bonds is 2. The summed E-state index contributed by atoms with van der Waals surface area (Å²) in [4.78, 5) is 11.9. The normalized spacial score (nSPS) is 10.3. The molecule has 98 valence electrons. The molecular weight excluding hydrogens is 318 g/mol. The molecule has 0 spiro atoms. The number of benzene rings is 2. The molecule has 0 fully saturated rings. The van der Waals surface area contributed by atoms with Crippen LogP contribution in [0.3, 0.4) is 0 Å². The van der Waals surface area contributed by atoms with E-state index in [1.54, 1.807) is 0 Å². The first-order valence-corrected chi connectivity index (χ1v) is 6.08. The summed E-state index contributed by atoms with van der Waals surface area (Å²) in [6.45, 7) is 0. The summed E-state index contributed by atoms with van der Waals surface area (Å²) in [5.74, 6) is -1.85. The predicted octanol–water partition coefficient (Wildman–Crippen LogP) is 3.56. The van der Waals surface area contributed by atoms with Gasteiger partial charge in [0.05, 0.1) is 11.3 Å². The van der Waals surface area contributed by atoms with E-state index in [0.717, 1.165) is 6.07 Å². The molecule has 0 aliphatic rings. The summed E-state index contributed by atoms with van der Waals surface area (Å²) in [6.07, 6.45) is 0. The number of nitrogen functional groups attached to an aromatic ring is 1. The first kappa shape index (κ1) is 13.5. The summed E-state index contributed by atoms with van der Waals surface area (Å²) in [5.41, 5.74) is 5.47. The zero-order valence-corrected chi connectivity index (χ0v) is 11.2. The van der Waals surface area contributed by atoms with E-state index in [1.807, 2.05) is 0 Å². The van der Waals surface area contributed by atoms with Crippen molar-refractivity contribution in [1.82, 2.24) is 0 Å². The topological polar surface area (TPSA) is 55.1 Å². The van der Waals surface area contributed by atoms with Crippen LogP contribution in [0.15, 0.2) is 40.9 Å². The second-order valence-electron chi connectivity index (χ2n) is 3.81.